The lowest BCUT2D eigenvalue weighted by Crippen LogP contribution is -2.46. The van der Waals surface area contributed by atoms with Crippen LogP contribution in [0.15, 0.2) is 0 Å². The molecule has 8 nitrogen and oxygen atoms in total. The molecule has 0 saturated carbocycles. The van der Waals surface area contributed by atoms with E-state index in [2.05, 4.69) is 0 Å². The Balaban J connectivity index is 1.77. The molecule has 1 amide bonds. The van der Waals surface area contributed by atoms with Gasteiger partial charge in [0.15, 0.2) is 0 Å². The van der Waals surface area contributed by atoms with Crippen molar-refractivity contribution < 1.29 is 23.9 Å². The zero-order valence-electron chi connectivity index (χ0n) is 14.9. The van der Waals surface area contributed by atoms with Gasteiger partial charge in [0.2, 0.25) is 5.91 Å². The number of hydrogen-bond donors (Lipinski definition) is 1. The molecule has 0 spiro atoms. The first kappa shape index (κ1) is 19.5. The van der Waals surface area contributed by atoms with E-state index in [0.29, 0.717) is 18.6 Å². The first-order valence-corrected chi connectivity index (χ1v) is 10.2. The number of amides is 1. The van der Waals surface area contributed by atoms with E-state index >= 15 is 0 Å². The highest BCUT2D eigenvalue weighted by Gasteiger charge is 2.53. The number of nitrogens with two attached hydrogens (primary N) is 1. The van der Waals surface area contributed by atoms with Gasteiger partial charge in [0.25, 0.3) is 0 Å². The average molecular weight is 409 g/mol. The predicted molar refractivity (Wildman–Crippen MR) is 99.9 cm³/mol. The largest absolute Gasteiger partial charge is 0.462 e. The van der Waals surface area contributed by atoms with Crippen LogP contribution >= 0.6 is 23.1 Å². The van der Waals surface area contributed by atoms with Gasteiger partial charge in [0.05, 0.1) is 17.0 Å². The summed E-state index contributed by atoms with van der Waals surface area (Å²) < 4.78 is 10.4. The molecular formula is C17H19N3O5S2. The summed E-state index contributed by atoms with van der Waals surface area (Å²) in [6, 6.07) is 1.28. The van der Waals surface area contributed by atoms with Crippen LogP contribution in [-0.4, -0.2) is 46.0 Å². The van der Waals surface area contributed by atoms with E-state index in [1.54, 1.807) is 23.6 Å². The molecule has 2 saturated heterocycles. The Hall–Kier alpha value is -2.25. The average Bonchev–Trinajstić information content (AvgIpc) is 3.24. The van der Waals surface area contributed by atoms with Gasteiger partial charge in [-0.05, 0) is 20.3 Å². The molecule has 2 N–H and O–H groups in total. The van der Waals surface area contributed by atoms with Crippen LogP contribution < -0.4 is 5.73 Å². The third-order valence-corrected chi connectivity index (χ3v) is 7.23. The maximum absolute atomic E-state index is 12.6. The molecule has 1 aromatic heterocycles. The Morgan fingerprint density at radius 2 is 2.19 bits per heavy atom. The second kappa shape index (κ2) is 7.40. The van der Waals surface area contributed by atoms with Crippen LogP contribution in [0.25, 0.3) is 0 Å². The SMILES string of the molecule is CCOC(=O)c1sc(N)c(C#N)c1COC(=O)[C@H]1CS[C@]2(C)CCC(=O)N12. The molecule has 2 aliphatic heterocycles. The number of carbonyl (C=O) groups is 3. The van der Waals surface area contributed by atoms with Crippen molar-refractivity contribution in [2.45, 2.75) is 44.2 Å². The van der Waals surface area contributed by atoms with Crippen molar-refractivity contribution in [2.75, 3.05) is 18.1 Å². The Kier molecular flexibility index (Phi) is 5.35. The van der Waals surface area contributed by atoms with Crippen LogP contribution in [0.4, 0.5) is 5.00 Å². The van der Waals surface area contributed by atoms with Gasteiger partial charge in [-0.2, -0.15) is 5.26 Å². The molecule has 10 heteroatoms. The highest BCUT2D eigenvalue weighted by molar-refractivity contribution is 8.01. The smallest absolute Gasteiger partial charge is 0.348 e. The van der Waals surface area contributed by atoms with E-state index in [1.807, 2.05) is 13.0 Å². The summed E-state index contributed by atoms with van der Waals surface area (Å²) >= 11 is 2.50. The molecule has 0 radical (unpaired) electrons. The number of nitrogens with zero attached hydrogens (tertiary/aromatic N) is 2. The maximum atomic E-state index is 12.6. The lowest BCUT2D eigenvalue weighted by atomic mass is 10.1. The maximum Gasteiger partial charge on any atom is 0.348 e. The van der Waals surface area contributed by atoms with Crippen LogP contribution in [0, 0.1) is 11.3 Å². The van der Waals surface area contributed by atoms with Crippen molar-refractivity contribution in [1.29, 1.82) is 5.26 Å². The molecular weight excluding hydrogens is 390 g/mol. The molecule has 1 aromatic rings. The van der Waals surface area contributed by atoms with Crippen molar-refractivity contribution in [2.24, 2.45) is 0 Å². The van der Waals surface area contributed by atoms with Crippen molar-refractivity contribution in [1.82, 2.24) is 4.90 Å². The Morgan fingerprint density at radius 3 is 2.85 bits per heavy atom. The molecule has 0 aliphatic carbocycles. The molecule has 0 unspecified atom stereocenters. The van der Waals surface area contributed by atoms with E-state index in [9.17, 15) is 19.6 Å². The van der Waals surface area contributed by atoms with Crippen molar-refractivity contribution in [3.63, 3.8) is 0 Å². The van der Waals surface area contributed by atoms with Crippen LogP contribution in [0.5, 0.6) is 0 Å². The third kappa shape index (κ3) is 3.37. The zero-order valence-corrected chi connectivity index (χ0v) is 16.6. The van der Waals surface area contributed by atoms with Gasteiger partial charge in [-0.3, -0.25) is 4.79 Å². The van der Waals surface area contributed by atoms with E-state index in [1.165, 1.54) is 0 Å². The van der Waals surface area contributed by atoms with Crippen LogP contribution in [0.2, 0.25) is 0 Å². The Morgan fingerprint density at radius 1 is 1.44 bits per heavy atom. The first-order valence-electron chi connectivity index (χ1n) is 8.43. The number of thiophene rings is 1. The van der Waals surface area contributed by atoms with Gasteiger partial charge in [-0.15, -0.1) is 23.1 Å². The molecule has 2 aliphatic rings. The highest BCUT2D eigenvalue weighted by atomic mass is 32.2. The molecule has 144 valence electrons. The van der Waals surface area contributed by atoms with E-state index in [-0.39, 0.29) is 45.0 Å². The van der Waals surface area contributed by atoms with Gasteiger partial charge in [0, 0.05) is 17.7 Å². The number of anilines is 1. The molecule has 0 bridgehead atoms. The van der Waals surface area contributed by atoms with Gasteiger partial charge >= 0.3 is 11.9 Å². The number of nitriles is 1. The number of rotatable bonds is 5. The van der Waals surface area contributed by atoms with Crippen molar-refractivity contribution >= 4 is 45.9 Å². The molecule has 27 heavy (non-hydrogen) atoms. The molecule has 3 heterocycles. The second-order valence-corrected chi connectivity index (χ2v) is 8.91. The second-order valence-electron chi connectivity index (χ2n) is 6.35. The van der Waals surface area contributed by atoms with E-state index in [4.69, 9.17) is 15.2 Å². The van der Waals surface area contributed by atoms with Crippen LogP contribution in [0.1, 0.15) is 47.5 Å². The normalized spacial score (nSPS) is 23.8. The zero-order chi connectivity index (χ0) is 19.8. The number of esters is 2. The minimum Gasteiger partial charge on any atom is -0.462 e. The van der Waals surface area contributed by atoms with Crippen molar-refractivity contribution in [3.8, 4) is 6.07 Å². The highest BCUT2D eigenvalue weighted by Crippen LogP contribution is 2.47. The minimum atomic E-state index is -0.664. The van der Waals surface area contributed by atoms with E-state index < -0.39 is 18.0 Å². The topological polar surface area (TPSA) is 123 Å². The lowest BCUT2D eigenvalue weighted by molar-refractivity contribution is -0.154. The quantitative estimate of drug-likeness (QED) is 0.731. The first-order chi connectivity index (χ1) is 12.8. The monoisotopic (exact) mass is 409 g/mol. The number of thioether (sulfide) groups is 1. The number of carbonyl (C=O) groups excluding carboxylic acids is 3. The molecule has 3 rings (SSSR count). The predicted octanol–water partition coefficient (Wildman–Crippen LogP) is 1.88. The standard InChI is InChI=1S/C17H19N3O5S2/c1-3-24-16(23)13-10(9(6-18)14(19)27-13)7-25-15(22)11-8-26-17(2)5-4-12(21)20(11)17/h11H,3-5,7-8,19H2,1-2H3/t11-,17-/m1/s1. The third-order valence-electron chi connectivity index (χ3n) is 4.68. The minimum absolute atomic E-state index is 0.0610. The van der Waals surface area contributed by atoms with Crippen LogP contribution in [0.3, 0.4) is 0 Å². The van der Waals surface area contributed by atoms with Gasteiger partial charge in [-0.25, -0.2) is 9.59 Å². The van der Waals surface area contributed by atoms with Crippen molar-refractivity contribution in [3.05, 3.63) is 16.0 Å². The van der Waals surface area contributed by atoms with Gasteiger partial charge in [0.1, 0.15) is 28.6 Å². The van der Waals surface area contributed by atoms with Crippen LogP contribution in [-0.2, 0) is 25.7 Å². The number of ether oxygens (including phenoxy) is 2. The summed E-state index contributed by atoms with van der Waals surface area (Å²) in [6.45, 7) is 3.51. The fourth-order valence-corrected chi connectivity index (χ4v) is 5.68. The summed E-state index contributed by atoms with van der Waals surface area (Å²) in [5.41, 5.74) is 6.17. The van der Waals surface area contributed by atoms with Gasteiger partial charge in [-0.1, -0.05) is 0 Å². The fourth-order valence-electron chi connectivity index (χ4n) is 3.34. The lowest BCUT2D eigenvalue weighted by Gasteiger charge is -2.29. The summed E-state index contributed by atoms with van der Waals surface area (Å²) in [5, 5.41) is 9.49. The Bertz CT molecular complexity index is 846. The molecule has 2 fully saturated rings. The molecule has 2 atom stereocenters. The number of fused-ring (bicyclic) bond motifs is 1. The number of hydrogen-bond acceptors (Lipinski definition) is 9. The van der Waals surface area contributed by atoms with E-state index in [0.717, 1.165) is 11.3 Å². The number of nitrogen functional groups attached to an aromatic ring is 1. The summed E-state index contributed by atoms with van der Waals surface area (Å²) in [6.07, 6.45) is 1.12. The summed E-state index contributed by atoms with van der Waals surface area (Å²) in [4.78, 5) is 38.2. The molecule has 0 aromatic carbocycles. The summed E-state index contributed by atoms with van der Waals surface area (Å²) in [7, 11) is 0. The van der Waals surface area contributed by atoms with Gasteiger partial charge < -0.3 is 20.1 Å². The fraction of sp³-hybridized carbons (Fsp3) is 0.529. The summed E-state index contributed by atoms with van der Waals surface area (Å²) in [5.74, 6) is -0.762. The Labute approximate surface area is 164 Å².